The normalized spacial score (nSPS) is 15.5. The van der Waals surface area contributed by atoms with Gasteiger partial charge in [0.25, 0.3) is 0 Å². The number of rotatable bonds is 6. The highest BCUT2D eigenvalue weighted by atomic mass is 32.1. The Morgan fingerprint density at radius 1 is 1.33 bits per heavy atom. The van der Waals surface area contributed by atoms with Crippen LogP contribution in [0.3, 0.4) is 0 Å². The van der Waals surface area contributed by atoms with Gasteiger partial charge in [-0.3, -0.25) is 0 Å². The van der Waals surface area contributed by atoms with Gasteiger partial charge in [-0.25, -0.2) is 9.78 Å². The van der Waals surface area contributed by atoms with Gasteiger partial charge in [0.15, 0.2) is 0 Å². The average Bonchev–Trinajstić information content (AvgIpc) is 3.03. The van der Waals surface area contributed by atoms with E-state index in [0.29, 0.717) is 12.2 Å². The van der Waals surface area contributed by atoms with Crippen LogP contribution in [0.2, 0.25) is 0 Å². The van der Waals surface area contributed by atoms with Crippen LogP contribution in [0.5, 0.6) is 5.75 Å². The van der Waals surface area contributed by atoms with E-state index < -0.39 is 0 Å². The van der Waals surface area contributed by atoms with Crippen LogP contribution in [0.15, 0.2) is 24.3 Å². The zero-order valence-electron chi connectivity index (χ0n) is 16.2. The number of benzene rings is 1. The number of ether oxygens (including phenoxy) is 1. The van der Waals surface area contributed by atoms with Crippen LogP contribution < -0.4 is 15.4 Å². The van der Waals surface area contributed by atoms with Gasteiger partial charge in [0, 0.05) is 18.0 Å². The summed E-state index contributed by atoms with van der Waals surface area (Å²) in [6, 6.07) is 7.38. The zero-order valence-corrected chi connectivity index (χ0v) is 17.1. The maximum absolute atomic E-state index is 12.4. The highest BCUT2D eigenvalue weighted by Crippen LogP contribution is 2.27. The number of anilines is 1. The molecule has 0 spiro atoms. The molecule has 1 fully saturated rings. The molecule has 0 radical (unpaired) electrons. The van der Waals surface area contributed by atoms with Crippen LogP contribution in [-0.2, 0) is 13.0 Å². The highest BCUT2D eigenvalue weighted by Gasteiger charge is 2.19. The second kappa shape index (κ2) is 9.19. The summed E-state index contributed by atoms with van der Waals surface area (Å²) < 4.78 is 6.16. The maximum atomic E-state index is 12.4. The minimum atomic E-state index is -0.236. The molecule has 1 aromatic carbocycles. The van der Waals surface area contributed by atoms with Crippen LogP contribution in [0, 0.1) is 6.92 Å². The second-order valence-electron chi connectivity index (χ2n) is 6.89. The topological polar surface area (TPSA) is 66.5 Å². The number of nitrogens with one attached hydrogen (secondary N) is 2. The molecule has 27 heavy (non-hydrogen) atoms. The van der Waals surface area contributed by atoms with Crippen molar-refractivity contribution in [3.05, 3.63) is 39.8 Å². The third-order valence-corrected chi connectivity index (χ3v) is 6.05. The summed E-state index contributed by atoms with van der Waals surface area (Å²) in [6.07, 6.45) is 3.11. The van der Waals surface area contributed by atoms with Gasteiger partial charge in [-0.1, -0.05) is 19.1 Å². The van der Waals surface area contributed by atoms with E-state index in [1.54, 1.807) is 11.3 Å². The van der Waals surface area contributed by atoms with Gasteiger partial charge in [-0.2, -0.15) is 0 Å². The summed E-state index contributed by atoms with van der Waals surface area (Å²) in [5.41, 5.74) is 1.69. The van der Waals surface area contributed by atoms with Gasteiger partial charge in [0.05, 0.1) is 22.9 Å². The van der Waals surface area contributed by atoms with Gasteiger partial charge in [0.1, 0.15) is 11.9 Å². The van der Waals surface area contributed by atoms with E-state index in [0.717, 1.165) is 53.7 Å². The predicted octanol–water partition coefficient (Wildman–Crippen LogP) is 3.81. The lowest BCUT2D eigenvalue weighted by Crippen LogP contribution is -2.36. The van der Waals surface area contributed by atoms with Crippen molar-refractivity contribution < 1.29 is 9.53 Å². The van der Waals surface area contributed by atoms with Crippen LogP contribution in [0.4, 0.5) is 10.5 Å². The molecule has 0 unspecified atom stereocenters. The smallest absolute Gasteiger partial charge is 0.319 e. The van der Waals surface area contributed by atoms with Crippen molar-refractivity contribution >= 4 is 23.1 Å². The molecule has 2 aromatic rings. The number of carbonyl (C=O) groups excluding carboxylic acids is 1. The lowest BCUT2D eigenvalue weighted by molar-refractivity contribution is 0.115. The monoisotopic (exact) mass is 388 g/mol. The summed E-state index contributed by atoms with van der Waals surface area (Å²) in [5, 5.41) is 6.94. The molecule has 2 N–H and O–H groups in total. The third kappa shape index (κ3) is 5.43. The first kappa shape index (κ1) is 19.6. The first-order chi connectivity index (χ1) is 13.0. The number of thiazole rings is 1. The van der Waals surface area contributed by atoms with Crippen molar-refractivity contribution in [2.45, 2.75) is 45.8 Å². The number of amides is 2. The van der Waals surface area contributed by atoms with Gasteiger partial charge in [-0.15, -0.1) is 11.3 Å². The van der Waals surface area contributed by atoms with E-state index in [2.05, 4.69) is 34.5 Å². The molecule has 1 aliphatic heterocycles. The molecule has 0 atom stereocenters. The number of para-hydroxylation sites is 2. The molecule has 7 heteroatoms. The van der Waals surface area contributed by atoms with E-state index in [1.807, 2.05) is 31.2 Å². The Kier molecular flexibility index (Phi) is 6.68. The van der Waals surface area contributed by atoms with Crippen molar-refractivity contribution in [2.75, 3.05) is 25.5 Å². The number of carbonyl (C=O) groups is 1. The van der Waals surface area contributed by atoms with Gasteiger partial charge >= 0.3 is 6.03 Å². The molecule has 0 bridgehead atoms. The molecule has 146 valence electrons. The molecule has 0 saturated carbocycles. The fourth-order valence-corrected chi connectivity index (χ4v) is 4.03. The predicted molar refractivity (Wildman–Crippen MR) is 110 cm³/mol. The van der Waals surface area contributed by atoms with E-state index in [9.17, 15) is 4.79 Å². The van der Waals surface area contributed by atoms with Crippen molar-refractivity contribution in [3.63, 3.8) is 0 Å². The largest absolute Gasteiger partial charge is 0.488 e. The lowest BCUT2D eigenvalue weighted by Gasteiger charge is -2.29. The molecule has 3 rings (SSSR count). The van der Waals surface area contributed by atoms with Gasteiger partial charge < -0.3 is 20.3 Å². The Morgan fingerprint density at radius 3 is 2.78 bits per heavy atom. The number of nitrogens with zero attached hydrogens (tertiary/aromatic N) is 2. The molecule has 0 aliphatic carbocycles. The summed E-state index contributed by atoms with van der Waals surface area (Å²) in [4.78, 5) is 20.3. The fourth-order valence-electron chi connectivity index (χ4n) is 3.09. The second-order valence-corrected chi connectivity index (χ2v) is 8.06. The molecule has 2 heterocycles. The van der Waals surface area contributed by atoms with Gasteiger partial charge in [0.2, 0.25) is 0 Å². The zero-order chi connectivity index (χ0) is 19.2. The molecule has 6 nitrogen and oxygen atoms in total. The number of aromatic nitrogens is 1. The molecule has 1 aromatic heterocycles. The average molecular weight is 389 g/mol. The first-order valence-corrected chi connectivity index (χ1v) is 10.3. The summed E-state index contributed by atoms with van der Waals surface area (Å²) >= 11 is 1.65. The summed E-state index contributed by atoms with van der Waals surface area (Å²) in [5.74, 6) is 0.726. The van der Waals surface area contributed by atoms with Crippen molar-refractivity contribution in [1.29, 1.82) is 0 Å². The molecule has 1 saturated heterocycles. The number of aryl methyl sites for hydroxylation is 2. The number of likely N-dealkylation sites (tertiary alicyclic amines) is 1. The van der Waals surface area contributed by atoms with E-state index in [1.165, 1.54) is 0 Å². The minimum absolute atomic E-state index is 0.194. The standard InChI is InChI=1S/C20H28N4O2S/c1-4-19-22-14(2)18(27-19)13-21-20(25)23-16-7-5-6-8-17(16)26-15-9-11-24(3)12-10-15/h5-8,15H,4,9-13H2,1-3H3,(H2,21,23,25). The van der Waals surface area contributed by atoms with Crippen molar-refractivity contribution in [2.24, 2.45) is 0 Å². The molecular weight excluding hydrogens is 360 g/mol. The van der Waals surface area contributed by atoms with Crippen molar-refractivity contribution in [3.8, 4) is 5.75 Å². The Labute approximate surface area is 164 Å². The Bertz CT molecular complexity index is 769. The Morgan fingerprint density at radius 2 is 2.07 bits per heavy atom. The Balaban J connectivity index is 1.56. The number of hydrogen-bond donors (Lipinski definition) is 2. The Hall–Kier alpha value is -2.12. The van der Waals surface area contributed by atoms with Crippen LogP contribution in [0.25, 0.3) is 0 Å². The maximum Gasteiger partial charge on any atom is 0.319 e. The lowest BCUT2D eigenvalue weighted by atomic mass is 10.1. The SMILES string of the molecule is CCc1nc(C)c(CNC(=O)Nc2ccccc2OC2CCN(C)CC2)s1. The van der Waals surface area contributed by atoms with Crippen molar-refractivity contribution in [1.82, 2.24) is 15.2 Å². The molecular formula is C20H28N4O2S. The third-order valence-electron chi connectivity index (χ3n) is 4.74. The molecule has 2 amide bonds. The number of piperidine rings is 1. The summed E-state index contributed by atoms with van der Waals surface area (Å²) in [7, 11) is 2.13. The van der Waals surface area contributed by atoms with E-state index >= 15 is 0 Å². The van der Waals surface area contributed by atoms with Gasteiger partial charge in [-0.05, 0) is 45.4 Å². The quantitative estimate of drug-likeness (QED) is 0.790. The number of hydrogen-bond acceptors (Lipinski definition) is 5. The summed E-state index contributed by atoms with van der Waals surface area (Å²) in [6.45, 7) is 6.62. The van der Waals surface area contributed by atoms with E-state index in [-0.39, 0.29) is 12.1 Å². The number of urea groups is 1. The fraction of sp³-hybridized carbons (Fsp3) is 0.500. The minimum Gasteiger partial charge on any atom is -0.488 e. The molecule has 1 aliphatic rings. The highest BCUT2D eigenvalue weighted by molar-refractivity contribution is 7.11. The first-order valence-electron chi connectivity index (χ1n) is 9.49. The van der Waals surface area contributed by atoms with Crippen LogP contribution in [-0.4, -0.2) is 42.2 Å². The van der Waals surface area contributed by atoms with Crippen LogP contribution in [0.1, 0.15) is 35.3 Å². The van der Waals surface area contributed by atoms with Crippen LogP contribution >= 0.6 is 11.3 Å². The van der Waals surface area contributed by atoms with E-state index in [4.69, 9.17) is 4.74 Å².